The first-order chi connectivity index (χ1) is 8.83. The second kappa shape index (κ2) is 5.47. The molecule has 0 amide bonds. The first-order valence-electron chi connectivity index (χ1n) is 6.22. The van der Waals surface area contributed by atoms with E-state index in [0.29, 0.717) is 12.8 Å². The number of nitrogens with one attached hydrogen (secondary N) is 1. The predicted octanol–water partition coefficient (Wildman–Crippen LogP) is 2.45. The fourth-order valence-electron chi connectivity index (χ4n) is 2.25. The molecule has 1 N–H and O–H groups in total. The van der Waals surface area contributed by atoms with Crippen LogP contribution in [0.3, 0.4) is 0 Å². The van der Waals surface area contributed by atoms with Gasteiger partial charge in [0.1, 0.15) is 0 Å². The second-order valence-electron chi connectivity index (χ2n) is 4.59. The molecule has 5 heteroatoms. The van der Waals surface area contributed by atoms with Crippen LogP contribution in [-0.4, -0.2) is 26.0 Å². The van der Waals surface area contributed by atoms with Gasteiger partial charge in [-0.1, -0.05) is 15.9 Å². The Balaban J connectivity index is 1.65. The van der Waals surface area contributed by atoms with Crippen molar-refractivity contribution >= 4 is 15.9 Å². The molecule has 1 fully saturated rings. The minimum atomic E-state index is 0.315. The molecule has 1 aromatic rings. The Labute approximate surface area is 115 Å². The molecule has 98 valence electrons. The van der Waals surface area contributed by atoms with Crippen LogP contribution in [0.2, 0.25) is 0 Å². The summed E-state index contributed by atoms with van der Waals surface area (Å²) in [5.41, 5.74) is 1.19. The second-order valence-corrected chi connectivity index (χ2v) is 5.45. The van der Waals surface area contributed by atoms with Gasteiger partial charge < -0.3 is 19.5 Å². The lowest BCUT2D eigenvalue weighted by atomic mass is 10.1. The molecule has 1 unspecified atom stereocenters. The van der Waals surface area contributed by atoms with Crippen LogP contribution in [0, 0.1) is 0 Å². The maximum Gasteiger partial charge on any atom is 0.231 e. The van der Waals surface area contributed by atoms with E-state index in [1.807, 2.05) is 12.1 Å². The average molecular weight is 314 g/mol. The highest BCUT2D eigenvalue weighted by molar-refractivity contribution is 9.10. The van der Waals surface area contributed by atoms with Crippen molar-refractivity contribution in [1.82, 2.24) is 5.32 Å². The van der Waals surface area contributed by atoms with Gasteiger partial charge in [-0.25, -0.2) is 0 Å². The van der Waals surface area contributed by atoms with Crippen molar-refractivity contribution < 1.29 is 14.2 Å². The molecule has 2 aliphatic heterocycles. The number of rotatable bonds is 3. The van der Waals surface area contributed by atoms with Gasteiger partial charge in [0.15, 0.2) is 11.5 Å². The zero-order valence-corrected chi connectivity index (χ0v) is 11.7. The highest BCUT2D eigenvalue weighted by Gasteiger charge is 2.18. The molecule has 1 saturated heterocycles. The molecule has 18 heavy (non-hydrogen) atoms. The van der Waals surface area contributed by atoms with Gasteiger partial charge in [0.2, 0.25) is 6.79 Å². The summed E-state index contributed by atoms with van der Waals surface area (Å²) in [5.74, 6) is 1.64. The predicted molar refractivity (Wildman–Crippen MR) is 70.9 cm³/mol. The first kappa shape index (κ1) is 12.3. The number of hydrogen-bond donors (Lipinski definition) is 1. The molecule has 4 nitrogen and oxygen atoms in total. The van der Waals surface area contributed by atoms with Crippen LogP contribution < -0.4 is 14.8 Å². The summed E-state index contributed by atoms with van der Waals surface area (Å²) in [5, 5.41) is 3.52. The zero-order chi connectivity index (χ0) is 12.4. The van der Waals surface area contributed by atoms with Gasteiger partial charge in [-0.2, -0.15) is 0 Å². The fourth-order valence-corrected chi connectivity index (χ4v) is 2.71. The third-order valence-corrected chi connectivity index (χ3v) is 4.02. The SMILES string of the molecule is Brc1cc2c(cc1CNC1CCCOC1)OCO2. The van der Waals surface area contributed by atoms with Gasteiger partial charge in [-0.15, -0.1) is 0 Å². The molecule has 1 atom stereocenters. The molecule has 2 heterocycles. The van der Waals surface area contributed by atoms with Crippen LogP contribution in [0.1, 0.15) is 18.4 Å². The summed E-state index contributed by atoms with van der Waals surface area (Å²) in [6.07, 6.45) is 2.32. The summed E-state index contributed by atoms with van der Waals surface area (Å²) in [6, 6.07) is 4.45. The third kappa shape index (κ3) is 2.63. The summed E-state index contributed by atoms with van der Waals surface area (Å²) in [4.78, 5) is 0. The molecular formula is C13H16BrNO3. The Bertz CT molecular complexity index is 432. The molecule has 0 aliphatic carbocycles. The fraction of sp³-hybridized carbons (Fsp3) is 0.538. The maximum atomic E-state index is 5.46. The normalized spacial score (nSPS) is 22.2. The standard InChI is InChI=1S/C13H16BrNO3/c14-11-5-13-12(17-8-18-13)4-9(11)6-15-10-2-1-3-16-7-10/h4-5,10,15H,1-3,6-8H2. The highest BCUT2D eigenvalue weighted by atomic mass is 79.9. The largest absolute Gasteiger partial charge is 0.454 e. The van der Waals surface area contributed by atoms with Crippen LogP contribution in [0.5, 0.6) is 11.5 Å². The molecule has 2 aliphatic rings. The highest BCUT2D eigenvalue weighted by Crippen LogP contribution is 2.36. The van der Waals surface area contributed by atoms with Gasteiger partial charge in [-0.3, -0.25) is 0 Å². The number of hydrogen-bond acceptors (Lipinski definition) is 4. The molecule has 0 spiro atoms. The lowest BCUT2D eigenvalue weighted by Crippen LogP contribution is -2.36. The number of fused-ring (bicyclic) bond motifs is 1. The Morgan fingerprint density at radius 2 is 2.11 bits per heavy atom. The topological polar surface area (TPSA) is 39.7 Å². The Morgan fingerprint density at radius 1 is 1.28 bits per heavy atom. The maximum absolute atomic E-state index is 5.46. The van der Waals surface area contributed by atoms with E-state index in [-0.39, 0.29) is 0 Å². The van der Waals surface area contributed by atoms with Gasteiger partial charge in [-0.05, 0) is 30.5 Å². The molecular weight excluding hydrogens is 298 g/mol. The van der Waals surface area contributed by atoms with Gasteiger partial charge in [0, 0.05) is 23.7 Å². The van der Waals surface area contributed by atoms with E-state index < -0.39 is 0 Å². The molecule has 0 bridgehead atoms. The van der Waals surface area contributed by atoms with Crippen molar-refractivity contribution in [3.05, 3.63) is 22.2 Å². The van der Waals surface area contributed by atoms with Crippen molar-refractivity contribution in [3.63, 3.8) is 0 Å². The van der Waals surface area contributed by atoms with Gasteiger partial charge in [0.05, 0.1) is 6.61 Å². The van der Waals surface area contributed by atoms with Crippen molar-refractivity contribution in [2.45, 2.75) is 25.4 Å². The lowest BCUT2D eigenvalue weighted by molar-refractivity contribution is 0.0699. The van der Waals surface area contributed by atoms with Crippen molar-refractivity contribution in [2.75, 3.05) is 20.0 Å². The van der Waals surface area contributed by atoms with E-state index in [4.69, 9.17) is 14.2 Å². The first-order valence-corrected chi connectivity index (χ1v) is 7.01. The van der Waals surface area contributed by atoms with Gasteiger partial charge in [0.25, 0.3) is 0 Å². The Kier molecular flexibility index (Phi) is 3.72. The van der Waals surface area contributed by atoms with Crippen molar-refractivity contribution in [1.29, 1.82) is 0 Å². The average Bonchev–Trinajstić information content (AvgIpc) is 2.84. The van der Waals surface area contributed by atoms with Crippen LogP contribution >= 0.6 is 15.9 Å². The van der Waals surface area contributed by atoms with E-state index in [1.54, 1.807) is 0 Å². The lowest BCUT2D eigenvalue weighted by Gasteiger charge is -2.23. The summed E-state index contributed by atoms with van der Waals surface area (Å²) < 4.78 is 17.2. The zero-order valence-electron chi connectivity index (χ0n) is 10.1. The summed E-state index contributed by atoms with van der Waals surface area (Å²) in [7, 11) is 0. The van der Waals surface area contributed by atoms with Crippen LogP contribution in [0.25, 0.3) is 0 Å². The van der Waals surface area contributed by atoms with E-state index in [9.17, 15) is 0 Å². The van der Waals surface area contributed by atoms with E-state index in [1.165, 1.54) is 12.0 Å². The molecule has 1 aromatic carbocycles. The Hall–Kier alpha value is -0.780. The number of benzene rings is 1. The van der Waals surface area contributed by atoms with Crippen molar-refractivity contribution in [3.8, 4) is 11.5 Å². The van der Waals surface area contributed by atoms with E-state index in [2.05, 4.69) is 21.2 Å². The van der Waals surface area contributed by atoms with Gasteiger partial charge >= 0.3 is 0 Å². The number of ether oxygens (including phenoxy) is 3. The monoisotopic (exact) mass is 313 g/mol. The van der Waals surface area contributed by atoms with Crippen LogP contribution in [-0.2, 0) is 11.3 Å². The third-order valence-electron chi connectivity index (χ3n) is 3.28. The smallest absolute Gasteiger partial charge is 0.231 e. The minimum Gasteiger partial charge on any atom is -0.454 e. The Morgan fingerprint density at radius 3 is 2.89 bits per heavy atom. The van der Waals surface area contributed by atoms with Crippen molar-refractivity contribution in [2.24, 2.45) is 0 Å². The molecule has 3 rings (SSSR count). The molecule has 0 saturated carbocycles. The number of halogens is 1. The summed E-state index contributed by atoms with van der Waals surface area (Å²) in [6.45, 7) is 2.83. The van der Waals surface area contributed by atoms with E-state index >= 15 is 0 Å². The summed E-state index contributed by atoms with van der Waals surface area (Å²) >= 11 is 3.57. The minimum absolute atomic E-state index is 0.315. The molecule has 0 aromatic heterocycles. The quantitative estimate of drug-likeness (QED) is 0.930. The van der Waals surface area contributed by atoms with Crippen LogP contribution in [0.4, 0.5) is 0 Å². The van der Waals surface area contributed by atoms with Crippen LogP contribution in [0.15, 0.2) is 16.6 Å². The van der Waals surface area contributed by atoms with E-state index in [0.717, 1.165) is 42.2 Å². The molecule has 0 radical (unpaired) electrons.